The van der Waals surface area contributed by atoms with Crippen LogP contribution >= 0.6 is 0 Å². The Balaban J connectivity index is 0.00000256. The summed E-state index contributed by atoms with van der Waals surface area (Å²) in [6.45, 7) is -1.48. The molecule has 1 aliphatic rings. The number of aliphatic carboxylic acids is 3. The Bertz CT molecular complexity index is 329. The zero-order valence-corrected chi connectivity index (χ0v) is 8.87. The number of carboxylic acid groups (broad SMARTS) is 3. The predicted octanol–water partition coefficient (Wildman–Crippen LogP) is -1.79. The molecule has 9 heteroatoms. The first kappa shape index (κ1) is 15.3. The average Bonchev–Trinajstić information content (AvgIpc) is 2.75. The van der Waals surface area contributed by atoms with Gasteiger partial charge in [-0.05, 0) is 0 Å². The van der Waals surface area contributed by atoms with Gasteiger partial charge in [0.05, 0.1) is 19.2 Å². The number of carbonyl (C=O) groups is 3. The molecule has 1 saturated carbocycles. The van der Waals surface area contributed by atoms with Gasteiger partial charge in [-0.2, -0.15) is 0 Å². The van der Waals surface area contributed by atoms with Crippen LogP contribution < -0.4 is 6.15 Å². The van der Waals surface area contributed by atoms with E-state index in [-0.39, 0.29) is 12.6 Å². The van der Waals surface area contributed by atoms with Gasteiger partial charge in [0.15, 0.2) is 0 Å². The number of carboxylic acids is 3. The van der Waals surface area contributed by atoms with Crippen molar-refractivity contribution in [2.45, 2.75) is 18.1 Å². The summed E-state index contributed by atoms with van der Waals surface area (Å²) in [6, 6.07) is 0. The Kier molecular flexibility index (Phi) is 4.57. The van der Waals surface area contributed by atoms with E-state index >= 15 is 0 Å². The Morgan fingerprint density at radius 2 is 1.47 bits per heavy atom. The molecule has 0 radical (unpaired) electrons. The molecule has 0 aliphatic heterocycles. The van der Waals surface area contributed by atoms with Crippen LogP contribution in [0, 0.1) is 0 Å². The van der Waals surface area contributed by atoms with Gasteiger partial charge in [-0.15, -0.1) is 0 Å². The number of hydrogen-bond acceptors (Lipinski definition) is 6. The van der Waals surface area contributed by atoms with Crippen LogP contribution in [0.25, 0.3) is 0 Å². The van der Waals surface area contributed by atoms with Crippen LogP contribution in [0.15, 0.2) is 0 Å². The fourth-order valence-corrected chi connectivity index (χ4v) is 1.61. The van der Waals surface area contributed by atoms with Crippen LogP contribution in [-0.4, -0.2) is 68.0 Å². The van der Waals surface area contributed by atoms with Crippen molar-refractivity contribution in [3.63, 3.8) is 0 Å². The molecule has 1 rings (SSSR count). The van der Waals surface area contributed by atoms with Crippen molar-refractivity contribution >= 4 is 17.9 Å². The van der Waals surface area contributed by atoms with Gasteiger partial charge in [0.2, 0.25) is 0 Å². The summed E-state index contributed by atoms with van der Waals surface area (Å²) >= 11 is 0. The van der Waals surface area contributed by atoms with E-state index in [9.17, 15) is 19.5 Å². The van der Waals surface area contributed by atoms with Gasteiger partial charge in [-0.3, -0.25) is 19.3 Å². The molecule has 9 nitrogen and oxygen atoms in total. The van der Waals surface area contributed by atoms with E-state index in [1.54, 1.807) is 0 Å². The molecular weight excluding hydrogens is 236 g/mol. The highest BCUT2D eigenvalue weighted by molar-refractivity contribution is 5.86. The smallest absolute Gasteiger partial charge is 0.326 e. The van der Waals surface area contributed by atoms with E-state index in [1.807, 2.05) is 0 Å². The summed E-state index contributed by atoms with van der Waals surface area (Å²) in [5.41, 5.74) is -1.77. The molecule has 2 atom stereocenters. The van der Waals surface area contributed by atoms with Gasteiger partial charge >= 0.3 is 17.9 Å². The van der Waals surface area contributed by atoms with Crippen molar-refractivity contribution in [2.24, 2.45) is 0 Å². The molecule has 2 unspecified atom stereocenters. The highest BCUT2D eigenvalue weighted by atomic mass is 16.4. The third-order valence-corrected chi connectivity index (χ3v) is 2.48. The van der Waals surface area contributed by atoms with Crippen molar-refractivity contribution in [3.05, 3.63) is 0 Å². The monoisotopic (exact) mass is 250 g/mol. The van der Waals surface area contributed by atoms with Crippen LogP contribution in [0.3, 0.4) is 0 Å². The molecule has 0 aromatic heterocycles. The van der Waals surface area contributed by atoms with Crippen LogP contribution in [0.1, 0.15) is 6.42 Å². The third kappa shape index (κ3) is 2.90. The highest BCUT2D eigenvalue weighted by Gasteiger charge is 2.64. The molecule has 1 aliphatic carbocycles. The largest absolute Gasteiger partial charge is 0.480 e. The van der Waals surface area contributed by atoms with E-state index in [4.69, 9.17) is 15.3 Å². The molecule has 7 N–H and O–H groups in total. The maximum atomic E-state index is 10.9. The molecule has 1 fully saturated rings. The minimum absolute atomic E-state index is 0. The summed E-state index contributed by atoms with van der Waals surface area (Å²) in [5.74, 6) is -4.11. The SMILES string of the molecule is N.O=C(O)CN(CC(=O)O)C1(C(=O)O)CC1O. The minimum Gasteiger partial charge on any atom is -0.480 e. The Labute approximate surface area is 95.8 Å². The molecule has 0 spiro atoms. The fraction of sp³-hybridized carbons (Fsp3) is 0.625. The van der Waals surface area contributed by atoms with E-state index in [0.717, 1.165) is 4.90 Å². The van der Waals surface area contributed by atoms with Crippen LogP contribution in [0.5, 0.6) is 0 Å². The first-order valence-corrected chi connectivity index (χ1v) is 4.41. The summed E-state index contributed by atoms with van der Waals surface area (Å²) in [7, 11) is 0. The van der Waals surface area contributed by atoms with E-state index in [0.29, 0.717) is 0 Å². The second-order valence-corrected chi connectivity index (χ2v) is 3.59. The van der Waals surface area contributed by atoms with Gasteiger partial charge in [0.1, 0.15) is 5.54 Å². The summed E-state index contributed by atoms with van der Waals surface area (Å²) in [6.07, 6.45) is -1.40. The Morgan fingerprint density at radius 1 is 1.12 bits per heavy atom. The topological polar surface area (TPSA) is 170 Å². The van der Waals surface area contributed by atoms with Gasteiger partial charge < -0.3 is 26.6 Å². The van der Waals surface area contributed by atoms with Crippen LogP contribution in [0.2, 0.25) is 0 Å². The quantitative estimate of drug-likeness (QED) is 0.365. The number of aliphatic hydroxyl groups excluding tert-OH is 1. The summed E-state index contributed by atoms with van der Waals surface area (Å²) in [4.78, 5) is 32.6. The lowest BCUT2D eigenvalue weighted by Gasteiger charge is -2.25. The molecule has 0 saturated heterocycles. The lowest BCUT2D eigenvalue weighted by atomic mass is 10.2. The molecular formula is C8H14N2O7. The van der Waals surface area contributed by atoms with Crippen molar-refractivity contribution in [3.8, 4) is 0 Å². The van der Waals surface area contributed by atoms with Crippen molar-refractivity contribution in [1.29, 1.82) is 0 Å². The number of hydrogen-bond donors (Lipinski definition) is 5. The molecule has 98 valence electrons. The van der Waals surface area contributed by atoms with Crippen molar-refractivity contribution in [1.82, 2.24) is 11.1 Å². The Morgan fingerprint density at radius 3 is 1.65 bits per heavy atom. The molecule has 0 bridgehead atoms. The lowest BCUT2D eigenvalue weighted by Crippen LogP contribution is -2.50. The maximum absolute atomic E-state index is 10.9. The number of aliphatic hydroxyl groups is 1. The zero-order valence-electron chi connectivity index (χ0n) is 8.87. The van der Waals surface area contributed by atoms with Gasteiger partial charge in [0, 0.05) is 6.42 Å². The van der Waals surface area contributed by atoms with E-state index < -0.39 is 42.6 Å². The second-order valence-electron chi connectivity index (χ2n) is 3.59. The fourth-order valence-electron chi connectivity index (χ4n) is 1.61. The van der Waals surface area contributed by atoms with Crippen LogP contribution in [-0.2, 0) is 14.4 Å². The van der Waals surface area contributed by atoms with Gasteiger partial charge in [-0.25, -0.2) is 0 Å². The first-order valence-electron chi connectivity index (χ1n) is 4.41. The summed E-state index contributed by atoms with van der Waals surface area (Å²) < 4.78 is 0. The predicted molar refractivity (Wildman–Crippen MR) is 52.9 cm³/mol. The Hall–Kier alpha value is -1.71. The number of rotatable bonds is 6. The maximum Gasteiger partial charge on any atom is 0.326 e. The first-order chi connectivity index (χ1) is 7.30. The van der Waals surface area contributed by atoms with E-state index in [2.05, 4.69) is 0 Å². The lowest BCUT2D eigenvalue weighted by molar-refractivity contribution is -0.152. The average molecular weight is 250 g/mol. The molecule has 0 heterocycles. The minimum atomic E-state index is -1.77. The van der Waals surface area contributed by atoms with Crippen LogP contribution in [0.4, 0.5) is 0 Å². The van der Waals surface area contributed by atoms with Gasteiger partial charge in [0.25, 0.3) is 0 Å². The molecule has 0 aromatic carbocycles. The van der Waals surface area contributed by atoms with E-state index in [1.165, 1.54) is 0 Å². The number of nitrogens with zero attached hydrogens (tertiary/aromatic N) is 1. The summed E-state index contributed by atoms with van der Waals surface area (Å²) in [5, 5.41) is 35.2. The third-order valence-electron chi connectivity index (χ3n) is 2.48. The second kappa shape index (κ2) is 5.08. The molecule has 17 heavy (non-hydrogen) atoms. The van der Waals surface area contributed by atoms with Crippen molar-refractivity contribution in [2.75, 3.05) is 13.1 Å². The molecule has 0 amide bonds. The standard InChI is InChI=1S/C8H11NO7.H3N/c10-4-1-8(4,7(15)16)9(2-5(11)12)3-6(13)14;/h4,10H,1-3H2,(H,11,12)(H,13,14)(H,15,16);1H3. The molecule has 0 aromatic rings. The normalized spacial score (nSPS) is 26.1. The van der Waals surface area contributed by atoms with Gasteiger partial charge in [-0.1, -0.05) is 0 Å². The van der Waals surface area contributed by atoms with Crippen molar-refractivity contribution < 1.29 is 34.8 Å². The zero-order chi connectivity index (χ0) is 12.5. The highest BCUT2D eigenvalue weighted by Crippen LogP contribution is 2.42.